The number of hydrogen-bond acceptors (Lipinski definition) is 9. The summed E-state index contributed by atoms with van der Waals surface area (Å²) >= 11 is 0. The van der Waals surface area contributed by atoms with Crippen LogP contribution in [0.5, 0.6) is 11.5 Å². The molecule has 4 rings (SSSR count). The van der Waals surface area contributed by atoms with Crippen molar-refractivity contribution in [3.05, 3.63) is 53.0 Å². The molecule has 0 fully saturated rings. The van der Waals surface area contributed by atoms with Gasteiger partial charge >= 0.3 is 12.1 Å². The van der Waals surface area contributed by atoms with Crippen LogP contribution in [-0.2, 0) is 23.0 Å². The number of aromatic carboxylic acids is 1. The van der Waals surface area contributed by atoms with Crippen LogP contribution in [0.25, 0.3) is 22.4 Å². The van der Waals surface area contributed by atoms with E-state index in [4.69, 9.17) is 0 Å². The first-order valence-corrected chi connectivity index (χ1v) is 13.0. The number of anilines is 2. The quantitative estimate of drug-likeness (QED) is 0.193. The van der Waals surface area contributed by atoms with Crippen LogP contribution in [-0.4, -0.2) is 69.4 Å². The molecule has 212 valence electrons. The standard InChI is InChI=1S/C23H20F4N6O6S/c1-33(40(2,38)39)15-4-3-12(34)5-11(15)9-28-20-17-18(22(36)37)31-32-21(17)30-19(29-20)13-7-14(24)16(35)6-10(13)8-23(25,26)27/h3-7,34-35H,8-9H2,1-2H3,(H,36,37)(H2,28,29,30,31,32). The van der Waals surface area contributed by atoms with Crippen molar-refractivity contribution in [2.45, 2.75) is 19.1 Å². The van der Waals surface area contributed by atoms with Crippen LogP contribution in [0.2, 0.25) is 0 Å². The molecule has 0 radical (unpaired) electrons. The summed E-state index contributed by atoms with van der Waals surface area (Å²) < 4.78 is 79.1. The normalized spacial score (nSPS) is 12.1. The number of rotatable bonds is 8. The number of H-pyrrole nitrogens is 1. The molecule has 5 N–H and O–H groups in total. The highest BCUT2D eigenvalue weighted by molar-refractivity contribution is 7.92. The van der Waals surface area contributed by atoms with Crippen LogP contribution in [0.15, 0.2) is 30.3 Å². The molecule has 12 nitrogen and oxygen atoms in total. The highest BCUT2D eigenvalue weighted by Gasteiger charge is 2.31. The molecule has 0 unspecified atom stereocenters. The molecule has 0 amide bonds. The van der Waals surface area contributed by atoms with Gasteiger partial charge in [0.1, 0.15) is 11.6 Å². The summed E-state index contributed by atoms with van der Waals surface area (Å²) in [7, 11) is -2.46. The van der Waals surface area contributed by atoms with E-state index in [2.05, 4.69) is 25.5 Å². The van der Waals surface area contributed by atoms with E-state index in [1.165, 1.54) is 25.2 Å². The molecule has 0 aliphatic rings. The number of aromatic nitrogens is 4. The number of carboxylic acid groups (broad SMARTS) is 1. The number of benzene rings is 2. The third-order valence-corrected chi connectivity index (χ3v) is 6.97. The Kier molecular flexibility index (Phi) is 7.18. The van der Waals surface area contributed by atoms with Crippen molar-refractivity contribution in [1.82, 2.24) is 20.2 Å². The lowest BCUT2D eigenvalue weighted by Crippen LogP contribution is -2.26. The van der Waals surface area contributed by atoms with E-state index in [9.17, 15) is 46.1 Å². The smallest absolute Gasteiger partial charge is 0.393 e. The Hall–Kier alpha value is -4.67. The highest BCUT2D eigenvalue weighted by Crippen LogP contribution is 2.35. The average Bonchev–Trinajstić information content (AvgIpc) is 3.27. The molecule has 0 spiro atoms. The molecule has 40 heavy (non-hydrogen) atoms. The fraction of sp³-hybridized carbons (Fsp3) is 0.217. The molecule has 2 heterocycles. The van der Waals surface area contributed by atoms with Gasteiger partial charge in [0.25, 0.3) is 0 Å². The molecule has 0 bridgehead atoms. The topological polar surface area (TPSA) is 182 Å². The summed E-state index contributed by atoms with van der Waals surface area (Å²) in [4.78, 5) is 20.0. The van der Waals surface area contributed by atoms with E-state index in [1.54, 1.807) is 0 Å². The van der Waals surface area contributed by atoms with Gasteiger partial charge in [0.2, 0.25) is 10.0 Å². The number of sulfonamides is 1. The Morgan fingerprint density at radius 2 is 1.82 bits per heavy atom. The van der Waals surface area contributed by atoms with Gasteiger partial charge in [-0.15, -0.1) is 0 Å². The van der Waals surface area contributed by atoms with Crippen LogP contribution in [0, 0.1) is 5.82 Å². The maximum atomic E-state index is 14.2. The average molecular weight is 585 g/mol. The molecule has 0 aliphatic carbocycles. The first-order valence-electron chi connectivity index (χ1n) is 11.1. The van der Waals surface area contributed by atoms with Gasteiger partial charge in [-0.1, -0.05) is 0 Å². The molecule has 0 aliphatic heterocycles. The van der Waals surface area contributed by atoms with Gasteiger partial charge in [-0.3, -0.25) is 9.40 Å². The fourth-order valence-corrected chi connectivity index (χ4v) is 4.42. The summed E-state index contributed by atoms with van der Waals surface area (Å²) in [5.74, 6) is -4.69. The lowest BCUT2D eigenvalue weighted by atomic mass is 10.0. The lowest BCUT2D eigenvalue weighted by molar-refractivity contribution is -0.127. The molecule has 2 aromatic carbocycles. The Morgan fingerprint density at radius 3 is 2.45 bits per heavy atom. The maximum Gasteiger partial charge on any atom is 0.393 e. The number of aromatic hydroxyl groups is 2. The minimum absolute atomic E-state index is 0.150. The molecule has 0 atom stereocenters. The summed E-state index contributed by atoms with van der Waals surface area (Å²) in [5, 5.41) is 37.9. The summed E-state index contributed by atoms with van der Waals surface area (Å²) in [5.41, 5.74) is -1.39. The highest BCUT2D eigenvalue weighted by atomic mass is 32.2. The van der Waals surface area contributed by atoms with Gasteiger partial charge in [0, 0.05) is 19.2 Å². The predicted octanol–water partition coefficient (Wildman–Crippen LogP) is 3.38. The van der Waals surface area contributed by atoms with Crippen LogP contribution in [0.4, 0.5) is 29.1 Å². The van der Waals surface area contributed by atoms with Crippen LogP contribution in [0.3, 0.4) is 0 Å². The molecule has 2 aromatic heterocycles. The number of hydrogen-bond donors (Lipinski definition) is 5. The van der Waals surface area contributed by atoms with E-state index < -0.39 is 62.8 Å². The third-order valence-electron chi connectivity index (χ3n) is 5.78. The van der Waals surface area contributed by atoms with Gasteiger partial charge in [-0.25, -0.2) is 27.6 Å². The zero-order chi connectivity index (χ0) is 29.6. The largest absolute Gasteiger partial charge is 0.508 e. The van der Waals surface area contributed by atoms with Gasteiger partial charge in [0.05, 0.1) is 23.8 Å². The second-order valence-electron chi connectivity index (χ2n) is 8.65. The molecule has 4 aromatic rings. The first kappa shape index (κ1) is 28.3. The number of carboxylic acids is 1. The van der Waals surface area contributed by atoms with Crippen LogP contribution < -0.4 is 9.62 Å². The number of nitrogens with one attached hydrogen (secondary N) is 2. The Morgan fingerprint density at radius 1 is 1.12 bits per heavy atom. The van der Waals surface area contributed by atoms with Gasteiger partial charge < -0.3 is 20.6 Å². The van der Waals surface area contributed by atoms with Gasteiger partial charge in [-0.2, -0.15) is 18.3 Å². The Balaban J connectivity index is 1.88. The van der Waals surface area contributed by atoms with Crippen molar-refractivity contribution in [3.8, 4) is 22.9 Å². The Bertz CT molecular complexity index is 1740. The molecule has 17 heteroatoms. The summed E-state index contributed by atoms with van der Waals surface area (Å²) in [6.07, 6.45) is -5.35. The van der Waals surface area contributed by atoms with Crippen molar-refractivity contribution in [2.24, 2.45) is 0 Å². The number of phenols is 2. The zero-order valence-corrected chi connectivity index (χ0v) is 21.4. The number of halogens is 4. The molecule has 0 saturated carbocycles. The van der Waals surface area contributed by atoms with Gasteiger partial charge in [-0.05, 0) is 41.5 Å². The van der Waals surface area contributed by atoms with Crippen molar-refractivity contribution >= 4 is 38.5 Å². The molecular formula is C23H20F4N6O6S. The number of alkyl halides is 3. The van der Waals surface area contributed by atoms with Crippen molar-refractivity contribution < 1.29 is 46.1 Å². The number of aromatic amines is 1. The second kappa shape index (κ2) is 10.1. The first-order chi connectivity index (χ1) is 18.5. The number of phenolic OH excluding ortho intramolecular Hbond substituents is 2. The second-order valence-corrected chi connectivity index (χ2v) is 10.7. The number of nitrogens with zero attached hydrogens (tertiary/aromatic N) is 4. The Labute approximate surface area is 223 Å². The van der Waals surface area contributed by atoms with E-state index in [0.717, 1.165) is 10.6 Å². The van der Waals surface area contributed by atoms with Crippen LogP contribution in [0.1, 0.15) is 21.6 Å². The minimum atomic E-state index is -4.75. The SMILES string of the molecule is CN(c1ccc(O)cc1CNc1nc(-c2cc(F)c(O)cc2CC(F)(F)F)nc2n[nH]c(C(=O)O)c12)S(C)(=O)=O. The van der Waals surface area contributed by atoms with E-state index in [1.807, 2.05) is 0 Å². The van der Waals surface area contributed by atoms with E-state index in [-0.39, 0.29) is 40.4 Å². The zero-order valence-electron chi connectivity index (χ0n) is 20.6. The maximum absolute atomic E-state index is 14.2. The fourth-order valence-electron chi connectivity index (χ4n) is 3.88. The summed E-state index contributed by atoms with van der Waals surface area (Å²) in [6, 6.07) is 5.03. The minimum Gasteiger partial charge on any atom is -0.508 e. The summed E-state index contributed by atoms with van der Waals surface area (Å²) in [6.45, 7) is -0.265. The lowest BCUT2D eigenvalue weighted by Gasteiger charge is -2.21. The van der Waals surface area contributed by atoms with Crippen LogP contribution >= 0.6 is 0 Å². The third kappa shape index (κ3) is 5.83. The van der Waals surface area contributed by atoms with Crippen molar-refractivity contribution in [1.29, 1.82) is 0 Å². The monoisotopic (exact) mass is 584 g/mol. The van der Waals surface area contributed by atoms with E-state index in [0.29, 0.717) is 12.1 Å². The van der Waals surface area contributed by atoms with Crippen molar-refractivity contribution in [3.63, 3.8) is 0 Å². The van der Waals surface area contributed by atoms with Gasteiger partial charge in [0.15, 0.2) is 28.7 Å². The van der Waals surface area contributed by atoms with Crippen molar-refractivity contribution in [2.75, 3.05) is 22.9 Å². The van der Waals surface area contributed by atoms with E-state index >= 15 is 0 Å². The molecule has 0 saturated heterocycles. The number of fused-ring (bicyclic) bond motifs is 1. The number of carbonyl (C=O) groups is 1. The molecular weight excluding hydrogens is 564 g/mol. The predicted molar refractivity (Wildman–Crippen MR) is 134 cm³/mol.